The fraction of sp³-hybridized carbons (Fsp3) is 0.294. The molecule has 1 fully saturated rings. The average molecular weight is 424 g/mol. The Morgan fingerprint density at radius 3 is 2.41 bits per heavy atom. The van der Waals surface area contributed by atoms with Gasteiger partial charge >= 0.3 is 0 Å². The zero-order valence-electron chi connectivity index (χ0n) is 14.4. The lowest BCUT2D eigenvalue weighted by Crippen LogP contribution is -2.48. The first-order chi connectivity index (χ1) is 13.0. The predicted octanol–water partition coefficient (Wildman–Crippen LogP) is 2.62. The van der Waals surface area contributed by atoms with Crippen molar-refractivity contribution in [3.63, 3.8) is 0 Å². The maximum absolute atomic E-state index is 12.7. The number of pyridine rings is 1. The molecule has 0 aliphatic carbocycles. The van der Waals surface area contributed by atoms with Crippen LogP contribution in [-0.2, 0) is 16.7 Å². The molecule has 4 heterocycles. The van der Waals surface area contributed by atoms with E-state index in [2.05, 4.69) is 15.0 Å². The molecule has 0 bridgehead atoms. The molecule has 0 aromatic carbocycles. The summed E-state index contributed by atoms with van der Waals surface area (Å²) in [6.07, 6.45) is 5.29. The van der Waals surface area contributed by atoms with Gasteiger partial charge in [0.25, 0.3) is 10.0 Å². The number of piperazine rings is 1. The van der Waals surface area contributed by atoms with Crippen LogP contribution in [0.4, 0.5) is 0 Å². The van der Waals surface area contributed by atoms with E-state index < -0.39 is 10.0 Å². The molecule has 0 atom stereocenters. The second-order valence-electron chi connectivity index (χ2n) is 6.17. The Kier molecular flexibility index (Phi) is 5.29. The average Bonchev–Trinajstić information content (AvgIpc) is 3.32. The summed E-state index contributed by atoms with van der Waals surface area (Å²) < 4.78 is 29.6. The van der Waals surface area contributed by atoms with Crippen LogP contribution in [0.5, 0.6) is 0 Å². The second-order valence-corrected chi connectivity index (χ2v) is 10.1. The van der Waals surface area contributed by atoms with Gasteiger partial charge in [-0.15, -0.1) is 11.3 Å². The van der Waals surface area contributed by atoms with Gasteiger partial charge < -0.3 is 0 Å². The fourth-order valence-electron chi connectivity index (χ4n) is 3.08. The van der Waals surface area contributed by atoms with Crippen LogP contribution in [0.15, 0.2) is 53.1 Å². The highest BCUT2D eigenvalue weighted by atomic mass is 35.5. The summed E-state index contributed by atoms with van der Waals surface area (Å²) in [6.45, 7) is 2.80. The van der Waals surface area contributed by atoms with Crippen molar-refractivity contribution in [1.29, 1.82) is 0 Å². The van der Waals surface area contributed by atoms with Crippen molar-refractivity contribution < 1.29 is 8.42 Å². The van der Waals surface area contributed by atoms with Gasteiger partial charge in [-0.1, -0.05) is 11.6 Å². The number of halogens is 1. The highest BCUT2D eigenvalue weighted by Crippen LogP contribution is 2.28. The molecule has 1 aliphatic rings. The van der Waals surface area contributed by atoms with Gasteiger partial charge in [0.05, 0.1) is 16.7 Å². The summed E-state index contributed by atoms with van der Waals surface area (Å²) in [5.74, 6) is 0. The Morgan fingerprint density at radius 2 is 1.74 bits per heavy atom. The monoisotopic (exact) mass is 423 g/mol. The molecule has 4 rings (SSSR count). The first kappa shape index (κ1) is 18.6. The number of aromatic nitrogens is 3. The summed E-state index contributed by atoms with van der Waals surface area (Å²) in [6, 6.07) is 9.05. The number of rotatable bonds is 5. The van der Waals surface area contributed by atoms with Crippen LogP contribution in [0.2, 0.25) is 4.34 Å². The van der Waals surface area contributed by atoms with Crippen molar-refractivity contribution in [2.75, 3.05) is 26.2 Å². The van der Waals surface area contributed by atoms with E-state index in [0.29, 0.717) is 41.4 Å². The molecule has 142 valence electrons. The first-order valence-electron chi connectivity index (χ1n) is 8.44. The van der Waals surface area contributed by atoms with Crippen molar-refractivity contribution in [2.24, 2.45) is 0 Å². The third kappa shape index (κ3) is 3.92. The maximum Gasteiger partial charge on any atom is 0.252 e. The zero-order valence-corrected chi connectivity index (χ0v) is 16.8. The summed E-state index contributed by atoms with van der Waals surface area (Å²) in [5, 5.41) is 4.41. The summed E-state index contributed by atoms with van der Waals surface area (Å²) in [5.41, 5.74) is 2.07. The standard InChI is InChI=1S/C17H18ClN5O2S2/c18-16-1-2-17(26-16)27(24,25)22-11-9-21(10-12-22)13-23-15(5-8-20-23)14-3-6-19-7-4-14/h1-8H,9-13H2. The number of hydrogen-bond donors (Lipinski definition) is 0. The lowest BCUT2D eigenvalue weighted by Gasteiger charge is -2.33. The van der Waals surface area contributed by atoms with E-state index in [1.54, 1.807) is 30.7 Å². The number of hydrogen-bond acceptors (Lipinski definition) is 6. The summed E-state index contributed by atoms with van der Waals surface area (Å²) >= 11 is 6.98. The molecule has 0 saturated carbocycles. The molecule has 0 N–H and O–H groups in total. The second kappa shape index (κ2) is 7.69. The molecule has 1 saturated heterocycles. The predicted molar refractivity (Wildman–Crippen MR) is 105 cm³/mol. The van der Waals surface area contributed by atoms with E-state index in [4.69, 9.17) is 11.6 Å². The van der Waals surface area contributed by atoms with E-state index in [1.165, 1.54) is 4.31 Å². The van der Waals surface area contributed by atoms with Crippen LogP contribution in [0.1, 0.15) is 0 Å². The number of sulfonamides is 1. The normalized spacial score (nSPS) is 16.6. The largest absolute Gasteiger partial charge is 0.282 e. The Balaban J connectivity index is 1.42. The quantitative estimate of drug-likeness (QED) is 0.630. The molecule has 3 aromatic rings. The van der Waals surface area contributed by atoms with Crippen molar-refractivity contribution in [2.45, 2.75) is 10.9 Å². The van der Waals surface area contributed by atoms with Crippen molar-refractivity contribution in [1.82, 2.24) is 24.0 Å². The van der Waals surface area contributed by atoms with Crippen LogP contribution in [0.25, 0.3) is 11.3 Å². The molecule has 27 heavy (non-hydrogen) atoms. The smallest absolute Gasteiger partial charge is 0.252 e. The highest BCUT2D eigenvalue weighted by Gasteiger charge is 2.29. The molecule has 7 nitrogen and oxygen atoms in total. The Morgan fingerprint density at radius 1 is 1.00 bits per heavy atom. The van der Waals surface area contributed by atoms with Crippen LogP contribution in [0, 0.1) is 0 Å². The van der Waals surface area contributed by atoms with Gasteiger partial charge in [-0.3, -0.25) is 14.6 Å². The fourth-order valence-corrected chi connectivity index (χ4v) is 6.14. The Labute approximate surface area is 166 Å². The molecule has 10 heteroatoms. The van der Waals surface area contributed by atoms with Crippen molar-refractivity contribution >= 4 is 33.0 Å². The van der Waals surface area contributed by atoms with Gasteiger partial charge in [-0.05, 0) is 30.3 Å². The molecule has 3 aromatic heterocycles. The minimum atomic E-state index is -3.47. The molecule has 0 radical (unpaired) electrons. The molecule has 1 aliphatic heterocycles. The van der Waals surface area contributed by atoms with Crippen LogP contribution in [0.3, 0.4) is 0 Å². The van der Waals surface area contributed by atoms with Gasteiger partial charge in [0.1, 0.15) is 4.21 Å². The molecule has 0 amide bonds. The summed E-state index contributed by atoms with van der Waals surface area (Å²) in [4.78, 5) is 6.25. The zero-order chi connectivity index (χ0) is 18.9. The first-order valence-corrected chi connectivity index (χ1v) is 11.1. The topological polar surface area (TPSA) is 71.3 Å². The van der Waals surface area contributed by atoms with Gasteiger partial charge in [-0.25, -0.2) is 8.42 Å². The van der Waals surface area contributed by atoms with E-state index in [-0.39, 0.29) is 0 Å². The number of thiophene rings is 1. The van der Waals surface area contributed by atoms with E-state index in [9.17, 15) is 8.42 Å². The minimum absolute atomic E-state index is 0.299. The lowest BCUT2D eigenvalue weighted by atomic mass is 10.2. The van der Waals surface area contributed by atoms with Gasteiger partial charge in [0, 0.05) is 50.3 Å². The van der Waals surface area contributed by atoms with Crippen LogP contribution < -0.4 is 0 Å². The SMILES string of the molecule is O=S(=O)(c1ccc(Cl)s1)N1CCN(Cn2nccc2-c2ccncc2)CC1. The lowest BCUT2D eigenvalue weighted by molar-refractivity contribution is 0.147. The third-order valence-electron chi connectivity index (χ3n) is 4.50. The number of nitrogens with zero attached hydrogens (tertiary/aromatic N) is 5. The van der Waals surface area contributed by atoms with E-state index >= 15 is 0 Å². The van der Waals surface area contributed by atoms with Gasteiger partial charge in [0.15, 0.2) is 0 Å². The van der Waals surface area contributed by atoms with E-state index in [1.807, 2.05) is 22.9 Å². The van der Waals surface area contributed by atoms with E-state index in [0.717, 1.165) is 22.6 Å². The Hall–Kier alpha value is -1.78. The molecule has 0 unspecified atom stereocenters. The van der Waals surface area contributed by atoms with Crippen LogP contribution in [-0.4, -0.2) is 58.6 Å². The van der Waals surface area contributed by atoms with Gasteiger partial charge in [0.2, 0.25) is 0 Å². The van der Waals surface area contributed by atoms with Crippen molar-refractivity contribution in [3.8, 4) is 11.3 Å². The minimum Gasteiger partial charge on any atom is -0.282 e. The maximum atomic E-state index is 12.7. The Bertz CT molecular complexity index is 1010. The molecular weight excluding hydrogens is 406 g/mol. The van der Waals surface area contributed by atoms with Crippen molar-refractivity contribution in [3.05, 3.63) is 53.3 Å². The van der Waals surface area contributed by atoms with Gasteiger partial charge in [-0.2, -0.15) is 9.40 Å². The van der Waals surface area contributed by atoms with Crippen LogP contribution >= 0.6 is 22.9 Å². The molecule has 0 spiro atoms. The highest BCUT2D eigenvalue weighted by molar-refractivity contribution is 7.91. The third-order valence-corrected chi connectivity index (χ3v) is 8.10. The summed E-state index contributed by atoms with van der Waals surface area (Å²) in [7, 11) is -3.47. The molecular formula is C17H18ClN5O2S2.